The Balaban J connectivity index is 1.12. The molecule has 0 aliphatic heterocycles. The molecule has 0 bridgehead atoms. The second kappa shape index (κ2) is 10.1. The van der Waals surface area contributed by atoms with Crippen LogP contribution in [-0.2, 0) is 0 Å². The van der Waals surface area contributed by atoms with Gasteiger partial charge in [-0.25, -0.2) is 0 Å². The van der Waals surface area contributed by atoms with Crippen molar-refractivity contribution in [2.75, 3.05) is 0 Å². The van der Waals surface area contributed by atoms with E-state index in [1.165, 1.54) is 95.3 Å². The molecule has 2 heteroatoms. The van der Waals surface area contributed by atoms with Crippen LogP contribution >= 0.6 is 22.7 Å². The summed E-state index contributed by atoms with van der Waals surface area (Å²) in [6.45, 7) is 0. The average Bonchev–Trinajstić information content (AvgIpc) is 3.69. The molecule has 0 fully saturated rings. The van der Waals surface area contributed by atoms with Crippen molar-refractivity contribution in [1.29, 1.82) is 0 Å². The molecule has 2 aromatic heterocycles. The van der Waals surface area contributed by atoms with Crippen molar-refractivity contribution >= 4 is 84.6 Å². The third kappa shape index (κ3) is 3.84. The van der Waals surface area contributed by atoms with Gasteiger partial charge in [0, 0.05) is 40.3 Å². The predicted molar refractivity (Wildman–Crippen MR) is 204 cm³/mol. The lowest BCUT2D eigenvalue weighted by molar-refractivity contribution is 1.63. The third-order valence-electron chi connectivity index (χ3n) is 9.48. The summed E-state index contributed by atoms with van der Waals surface area (Å²) in [5.41, 5.74) is 7.59. The number of thiophene rings is 2. The van der Waals surface area contributed by atoms with Crippen LogP contribution in [0.3, 0.4) is 0 Å². The van der Waals surface area contributed by atoms with Crippen molar-refractivity contribution in [3.05, 3.63) is 158 Å². The number of hydrogen-bond donors (Lipinski definition) is 0. The Morgan fingerprint density at radius 3 is 1.48 bits per heavy atom. The van der Waals surface area contributed by atoms with E-state index in [2.05, 4.69) is 158 Å². The summed E-state index contributed by atoms with van der Waals surface area (Å²) in [5.74, 6) is 0. The molecule has 10 rings (SSSR count). The van der Waals surface area contributed by atoms with Gasteiger partial charge in [-0.05, 0) is 73.1 Å². The molecule has 8 aromatic carbocycles. The SMILES string of the molecule is c1ccc(-c2c3ccccc3c(-c3ccc(-c4ccc5c(c4)sc4c5ccc5sc6ccccc6c54)cc3)c3ccccc23)cc1. The topological polar surface area (TPSA) is 0 Å². The van der Waals surface area contributed by atoms with Crippen LogP contribution in [-0.4, -0.2) is 0 Å². The minimum atomic E-state index is 1.24. The maximum atomic E-state index is 2.38. The zero-order valence-electron chi connectivity index (χ0n) is 24.8. The van der Waals surface area contributed by atoms with Crippen molar-refractivity contribution in [2.45, 2.75) is 0 Å². The Hall–Kier alpha value is -5.28. The van der Waals surface area contributed by atoms with Gasteiger partial charge in [-0.15, -0.1) is 22.7 Å². The molecule has 0 amide bonds. The zero-order chi connectivity index (χ0) is 30.2. The molecule has 0 saturated heterocycles. The summed E-state index contributed by atoms with van der Waals surface area (Å²) in [4.78, 5) is 0. The molecule has 0 spiro atoms. The first-order valence-electron chi connectivity index (χ1n) is 15.7. The van der Waals surface area contributed by atoms with Gasteiger partial charge in [-0.2, -0.15) is 0 Å². The van der Waals surface area contributed by atoms with Gasteiger partial charge in [0.05, 0.1) is 0 Å². The Labute approximate surface area is 274 Å². The molecule has 0 aliphatic rings. The van der Waals surface area contributed by atoms with E-state index in [0.29, 0.717) is 0 Å². The van der Waals surface area contributed by atoms with E-state index in [1.54, 1.807) is 0 Å². The lowest BCUT2D eigenvalue weighted by atomic mass is 9.86. The zero-order valence-corrected chi connectivity index (χ0v) is 26.5. The van der Waals surface area contributed by atoms with Gasteiger partial charge in [-0.1, -0.05) is 140 Å². The summed E-state index contributed by atoms with van der Waals surface area (Å²) < 4.78 is 5.47. The molecule has 10 aromatic rings. The van der Waals surface area contributed by atoms with Crippen LogP contribution < -0.4 is 0 Å². The fourth-order valence-corrected chi connectivity index (χ4v) is 9.89. The molecule has 0 radical (unpaired) electrons. The first-order chi connectivity index (χ1) is 22.8. The largest absolute Gasteiger partial charge is 0.135 e. The highest BCUT2D eigenvalue weighted by Crippen LogP contribution is 2.46. The highest BCUT2D eigenvalue weighted by atomic mass is 32.1. The van der Waals surface area contributed by atoms with Gasteiger partial charge in [-0.3, -0.25) is 0 Å². The molecule has 214 valence electrons. The second-order valence-corrected chi connectivity index (χ2v) is 14.1. The van der Waals surface area contributed by atoms with E-state index in [4.69, 9.17) is 0 Å². The highest BCUT2D eigenvalue weighted by molar-refractivity contribution is 7.29. The van der Waals surface area contributed by atoms with E-state index in [0.717, 1.165) is 0 Å². The van der Waals surface area contributed by atoms with Gasteiger partial charge in [0.25, 0.3) is 0 Å². The molecule has 0 saturated carbocycles. The molecular weight excluding hydrogens is 593 g/mol. The van der Waals surface area contributed by atoms with E-state index in [9.17, 15) is 0 Å². The third-order valence-corrected chi connectivity index (χ3v) is 11.8. The highest BCUT2D eigenvalue weighted by Gasteiger charge is 2.17. The quantitative estimate of drug-likeness (QED) is 0.173. The van der Waals surface area contributed by atoms with Crippen molar-refractivity contribution in [1.82, 2.24) is 0 Å². The summed E-state index contributed by atoms with van der Waals surface area (Å²) in [7, 11) is 0. The van der Waals surface area contributed by atoms with E-state index < -0.39 is 0 Å². The first kappa shape index (κ1) is 26.0. The Morgan fingerprint density at radius 1 is 0.283 bits per heavy atom. The molecule has 2 heterocycles. The van der Waals surface area contributed by atoms with Crippen LogP contribution in [0.2, 0.25) is 0 Å². The molecule has 46 heavy (non-hydrogen) atoms. The van der Waals surface area contributed by atoms with Crippen LogP contribution in [0.15, 0.2) is 158 Å². The average molecular weight is 619 g/mol. The Kier molecular flexibility index (Phi) is 5.72. The number of benzene rings is 8. The Morgan fingerprint density at radius 2 is 0.804 bits per heavy atom. The van der Waals surface area contributed by atoms with Gasteiger partial charge < -0.3 is 0 Å². The molecule has 0 nitrogen and oxygen atoms in total. The van der Waals surface area contributed by atoms with Gasteiger partial charge >= 0.3 is 0 Å². The van der Waals surface area contributed by atoms with Crippen LogP contribution in [0, 0.1) is 0 Å². The summed E-state index contributed by atoms with van der Waals surface area (Å²) in [6, 6.07) is 58.2. The summed E-state index contributed by atoms with van der Waals surface area (Å²) >= 11 is 3.82. The number of hydrogen-bond acceptors (Lipinski definition) is 2. The van der Waals surface area contributed by atoms with E-state index >= 15 is 0 Å². The van der Waals surface area contributed by atoms with Crippen LogP contribution in [0.25, 0.3) is 95.3 Å². The monoisotopic (exact) mass is 618 g/mol. The molecule has 0 aliphatic carbocycles. The number of fused-ring (bicyclic) bond motifs is 9. The van der Waals surface area contributed by atoms with Crippen molar-refractivity contribution in [2.24, 2.45) is 0 Å². The van der Waals surface area contributed by atoms with E-state index in [-0.39, 0.29) is 0 Å². The lowest BCUT2D eigenvalue weighted by Crippen LogP contribution is -1.90. The maximum Gasteiger partial charge on any atom is 0.0448 e. The second-order valence-electron chi connectivity index (χ2n) is 12.0. The smallest absolute Gasteiger partial charge is 0.0448 e. The lowest BCUT2D eigenvalue weighted by Gasteiger charge is -2.18. The van der Waals surface area contributed by atoms with Crippen LogP contribution in [0.1, 0.15) is 0 Å². The fraction of sp³-hybridized carbons (Fsp3) is 0. The fourth-order valence-electron chi connectivity index (χ4n) is 7.41. The molecule has 0 N–H and O–H groups in total. The maximum absolute atomic E-state index is 2.38. The molecule has 0 unspecified atom stereocenters. The van der Waals surface area contributed by atoms with Crippen molar-refractivity contribution in [3.8, 4) is 33.4 Å². The van der Waals surface area contributed by atoms with E-state index in [1.807, 2.05) is 22.7 Å². The first-order valence-corrected chi connectivity index (χ1v) is 17.3. The number of rotatable bonds is 3. The minimum absolute atomic E-state index is 1.24. The Bertz CT molecular complexity index is 2720. The molecule has 0 atom stereocenters. The molecular formula is C44H26S2. The van der Waals surface area contributed by atoms with Crippen LogP contribution in [0.4, 0.5) is 0 Å². The van der Waals surface area contributed by atoms with Crippen molar-refractivity contribution in [3.63, 3.8) is 0 Å². The summed E-state index contributed by atoms with van der Waals surface area (Å²) in [5, 5.41) is 10.6. The minimum Gasteiger partial charge on any atom is -0.135 e. The predicted octanol–water partition coefficient (Wildman–Crippen LogP) is 13.7. The summed E-state index contributed by atoms with van der Waals surface area (Å²) in [6.07, 6.45) is 0. The van der Waals surface area contributed by atoms with Crippen LogP contribution in [0.5, 0.6) is 0 Å². The van der Waals surface area contributed by atoms with Crippen molar-refractivity contribution < 1.29 is 0 Å². The standard InChI is InChI=1S/C44H26S2/c1-2-10-28(11-3-1)41-32-12-4-6-14-34(32)42(35-15-7-5-13-33(35)41)29-20-18-27(19-21-29)30-22-23-31-36-24-25-39-43(44(36)46-40(31)26-30)37-16-8-9-17-38(37)45-39/h1-26H. The normalized spacial score (nSPS) is 11.9. The van der Waals surface area contributed by atoms with Gasteiger partial charge in [0.1, 0.15) is 0 Å². The van der Waals surface area contributed by atoms with Gasteiger partial charge in [0.2, 0.25) is 0 Å². The van der Waals surface area contributed by atoms with Gasteiger partial charge in [0.15, 0.2) is 0 Å².